The number of piperazine rings is 1. The number of hydrogen-bond donors (Lipinski definition) is 1. The molecule has 0 saturated carbocycles. The van der Waals surface area contributed by atoms with E-state index >= 15 is 0 Å². The Morgan fingerprint density at radius 3 is 2.35 bits per heavy atom. The largest absolute Gasteiger partial charge is 0.497 e. The van der Waals surface area contributed by atoms with Crippen LogP contribution < -0.4 is 9.64 Å². The lowest BCUT2D eigenvalue weighted by Crippen LogP contribution is -2.46. The number of benzene rings is 1. The molecule has 0 atom stereocenters. The first kappa shape index (κ1) is 26.4. The minimum atomic E-state index is -5.08. The van der Waals surface area contributed by atoms with Crippen molar-refractivity contribution in [2.75, 3.05) is 38.2 Å². The summed E-state index contributed by atoms with van der Waals surface area (Å²) in [6, 6.07) is 8.06. The van der Waals surface area contributed by atoms with Crippen LogP contribution in [0.3, 0.4) is 0 Å². The van der Waals surface area contributed by atoms with E-state index in [-0.39, 0.29) is 0 Å². The number of halogens is 3. The van der Waals surface area contributed by atoms with Crippen LogP contribution >= 0.6 is 11.3 Å². The van der Waals surface area contributed by atoms with Crippen LogP contribution in [0.4, 0.5) is 19.0 Å². The zero-order chi connectivity index (χ0) is 26.6. The Labute approximate surface area is 214 Å². The van der Waals surface area contributed by atoms with Crippen LogP contribution in [0.25, 0.3) is 16.9 Å². The molecule has 37 heavy (non-hydrogen) atoms. The van der Waals surface area contributed by atoms with Crippen LogP contribution in [0.5, 0.6) is 5.75 Å². The maximum absolute atomic E-state index is 10.6. The number of ether oxygens (including phenoxy) is 1. The Morgan fingerprint density at radius 1 is 1.11 bits per heavy atom. The number of imidazole rings is 1. The molecule has 1 aliphatic heterocycles. The van der Waals surface area contributed by atoms with E-state index < -0.39 is 12.1 Å². The van der Waals surface area contributed by atoms with E-state index in [4.69, 9.17) is 19.6 Å². The quantitative estimate of drug-likeness (QED) is 0.409. The van der Waals surface area contributed by atoms with Crippen molar-refractivity contribution >= 4 is 28.8 Å². The number of anilines is 1. The van der Waals surface area contributed by atoms with Gasteiger partial charge >= 0.3 is 12.1 Å². The molecule has 1 aliphatic rings. The summed E-state index contributed by atoms with van der Waals surface area (Å²) in [5.74, 6) is -0.959. The van der Waals surface area contributed by atoms with E-state index in [1.54, 1.807) is 18.4 Å². The fraction of sp³-hybridized carbons (Fsp3) is 0.333. The SMILES string of the molecule is COc1ccc(-c2cnc3c(N4CCN(Cc5scnc5C)CC4)nccn23)cc1.O=C(O)C(F)(F)F. The third kappa shape index (κ3) is 6.17. The Hall–Kier alpha value is -3.71. The summed E-state index contributed by atoms with van der Waals surface area (Å²) in [5.41, 5.74) is 6.14. The predicted molar refractivity (Wildman–Crippen MR) is 133 cm³/mol. The summed E-state index contributed by atoms with van der Waals surface area (Å²) in [4.78, 5) is 28.8. The Morgan fingerprint density at radius 2 is 1.78 bits per heavy atom. The zero-order valence-corrected chi connectivity index (χ0v) is 21.0. The molecule has 0 aliphatic carbocycles. The number of fused-ring (bicyclic) bond motifs is 1. The average Bonchev–Trinajstić information content (AvgIpc) is 3.50. The predicted octanol–water partition coefficient (Wildman–Crippen LogP) is 4.13. The van der Waals surface area contributed by atoms with Gasteiger partial charge in [-0.05, 0) is 31.2 Å². The number of aryl methyl sites for hydroxylation is 1. The smallest absolute Gasteiger partial charge is 0.490 e. The summed E-state index contributed by atoms with van der Waals surface area (Å²) in [7, 11) is 1.68. The summed E-state index contributed by atoms with van der Waals surface area (Å²) in [5, 5.41) is 7.12. The molecular weight excluding hydrogens is 509 g/mol. The van der Waals surface area contributed by atoms with Crippen molar-refractivity contribution in [3.05, 3.63) is 58.9 Å². The normalized spacial score (nSPS) is 14.4. The second-order valence-corrected chi connectivity index (χ2v) is 9.18. The number of carboxylic acids is 1. The van der Waals surface area contributed by atoms with Crippen LogP contribution in [0, 0.1) is 6.92 Å². The number of aromatic nitrogens is 4. The van der Waals surface area contributed by atoms with Gasteiger partial charge in [-0.1, -0.05) is 0 Å². The molecule has 0 unspecified atom stereocenters. The first-order valence-corrected chi connectivity index (χ1v) is 12.2. The van der Waals surface area contributed by atoms with Crippen LogP contribution in [0.1, 0.15) is 10.6 Å². The third-order valence-electron chi connectivity index (χ3n) is 5.92. The van der Waals surface area contributed by atoms with Gasteiger partial charge in [0.25, 0.3) is 0 Å². The van der Waals surface area contributed by atoms with Gasteiger partial charge < -0.3 is 14.7 Å². The lowest BCUT2D eigenvalue weighted by molar-refractivity contribution is -0.192. The number of aliphatic carboxylic acids is 1. The van der Waals surface area contributed by atoms with Gasteiger partial charge in [-0.15, -0.1) is 11.3 Å². The lowest BCUT2D eigenvalue weighted by atomic mass is 10.1. The molecule has 1 saturated heterocycles. The molecule has 1 aromatic carbocycles. The summed E-state index contributed by atoms with van der Waals surface area (Å²) in [6.07, 6.45) is 0.684. The molecule has 1 fully saturated rings. The van der Waals surface area contributed by atoms with Gasteiger partial charge in [0.05, 0.1) is 30.2 Å². The van der Waals surface area contributed by atoms with Crippen molar-refractivity contribution in [3.8, 4) is 17.0 Å². The molecule has 3 aromatic heterocycles. The van der Waals surface area contributed by atoms with Crippen LogP contribution in [0.2, 0.25) is 0 Å². The molecule has 1 N–H and O–H groups in total. The molecule has 4 heterocycles. The zero-order valence-electron chi connectivity index (χ0n) is 20.1. The minimum Gasteiger partial charge on any atom is -0.497 e. The van der Waals surface area contributed by atoms with Crippen LogP contribution in [0.15, 0.2) is 48.4 Å². The number of hydrogen-bond acceptors (Lipinski definition) is 8. The molecule has 0 amide bonds. The van der Waals surface area contributed by atoms with Crippen molar-refractivity contribution in [1.82, 2.24) is 24.3 Å². The Kier molecular flexibility index (Phi) is 7.93. The van der Waals surface area contributed by atoms with E-state index in [1.807, 2.05) is 36.2 Å². The van der Waals surface area contributed by atoms with Crippen molar-refractivity contribution in [2.45, 2.75) is 19.6 Å². The number of rotatable bonds is 5. The Bertz CT molecular complexity index is 1350. The van der Waals surface area contributed by atoms with Gasteiger partial charge in [0, 0.05) is 55.6 Å². The van der Waals surface area contributed by atoms with Gasteiger partial charge in [-0.2, -0.15) is 13.2 Å². The molecule has 0 radical (unpaired) electrons. The van der Waals surface area contributed by atoms with E-state index in [9.17, 15) is 13.2 Å². The number of carbonyl (C=O) groups is 1. The van der Waals surface area contributed by atoms with Gasteiger partial charge in [-0.25, -0.2) is 19.7 Å². The van der Waals surface area contributed by atoms with E-state index in [2.05, 4.69) is 43.2 Å². The van der Waals surface area contributed by atoms with Crippen molar-refractivity contribution < 1.29 is 27.8 Å². The highest BCUT2D eigenvalue weighted by Gasteiger charge is 2.38. The first-order chi connectivity index (χ1) is 17.7. The highest BCUT2D eigenvalue weighted by molar-refractivity contribution is 7.09. The fourth-order valence-electron chi connectivity index (χ4n) is 3.90. The van der Waals surface area contributed by atoms with Gasteiger partial charge in [0.15, 0.2) is 11.5 Å². The number of methoxy groups -OCH3 is 1. The van der Waals surface area contributed by atoms with Gasteiger partial charge in [-0.3, -0.25) is 9.30 Å². The van der Waals surface area contributed by atoms with Gasteiger partial charge in [0.1, 0.15) is 5.75 Å². The number of nitrogens with zero attached hydrogens (tertiary/aromatic N) is 6. The molecule has 5 rings (SSSR count). The fourth-order valence-corrected chi connectivity index (χ4v) is 4.72. The molecular formula is C24H25F3N6O3S. The van der Waals surface area contributed by atoms with Crippen LogP contribution in [-0.2, 0) is 11.3 Å². The number of carboxylic acid groups (broad SMARTS) is 1. The molecule has 196 valence electrons. The van der Waals surface area contributed by atoms with Crippen molar-refractivity contribution in [3.63, 3.8) is 0 Å². The first-order valence-electron chi connectivity index (χ1n) is 11.3. The summed E-state index contributed by atoms with van der Waals surface area (Å²) in [6.45, 7) is 6.96. The molecule has 0 spiro atoms. The second-order valence-electron chi connectivity index (χ2n) is 8.24. The average molecular weight is 535 g/mol. The van der Waals surface area contributed by atoms with Gasteiger partial charge in [0.2, 0.25) is 0 Å². The summed E-state index contributed by atoms with van der Waals surface area (Å²) >= 11 is 1.75. The van der Waals surface area contributed by atoms with Crippen molar-refractivity contribution in [2.24, 2.45) is 0 Å². The standard InChI is InChI=1S/C22H24N6OS.C2HF3O2/c1-16-20(30-15-25-16)14-26-9-11-27(12-10-26)21-22-24-13-19(28(22)8-7-23-21)17-3-5-18(29-2)6-4-17;3-2(4,5)1(6)7/h3-8,13,15H,9-12,14H2,1-2H3;(H,6,7). The lowest BCUT2D eigenvalue weighted by Gasteiger charge is -2.35. The highest BCUT2D eigenvalue weighted by atomic mass is 32.1. The topological polar surface area (TPSA) is 96.1 Å². The molecule has 4 aromatic rings. The minimum absolute atomic E-state index is 0.848. The molecule has 9 nitrogen and oxygen atoms in total. The number of thiazole rings is 1. The molecule has 0 bridgehead atoms. The van der Waals surface area contributed by atoms with E-state index in [1.165, 1.54) is 4.88 Å². The maximum atomic E-state index is 10.6. The second kappa shape index (κ2) is 11.1. The van der Waals surface area contributed by atoms with Crippen LogP contribution in [-0.4, -0.2) is 74.8 Å². The maximum Gasteiger partial charge on any atom is 0.490 e. The Balaban J connectivity index is 0.000000405. The van der Waals surface area contributed by atoms with E-state index in [0.717, 1.165) is 66.9 Å². The number of alkyl halides is 3. The monoisotopic (exact) mass is 534 g/mol. The van der Waals surface area contributed by atoms with Crippen molar-refractivity contribution in [1.29, 1.82) is 0 Å². The highest BCUT2D eigenvalue weighted by Crippen LogP contribution is 2.27. The molecule has 13 heteroatoms. The third-order valence-corrected chi connectivity index (χ3v) is 6.84. The van der Waals surface area contributed by atoms with E-state index in [0.29, 0.717) is 0 Å². The summed E-state index contributed by atoms with van der Waals surface area (Å²) < 4.78 is 39.1.